The van der Waals surface area contributed by atoms with Crippen LogP contribution in [-0.2, 0) is 4.79 Å². The third-order valence-corrected chi connectivity index (χ3v) is 5.14. The molecule has 3 aromatic carbocycles. The topological polar surface area (TPSA) is 35.9 Å². The van der Waals surface area contributed by atoms with Gasteiger partial charge in [0, 0.05) is 25.3 Å². The van der Waals surface area contributed by atoms with Gasteiger partial charge in [-0.25, -0.2) is 4.99 Å². The average molecular weight is 396 g/mol. The Morgan fingerprint density at radius 1 is 0.867 bits per heavy atom. The van der Waals surface area contributed by atoms with Gasteiger partial charge in [0.15, 0.2) is 0 Å². The molecule has 4 nitrogen and oxygen atoms in total. The maximum Gasteiger partial charge on any atom is 0.282 e. The van der Waals surface area contributed by atoms with Crippen LogP contribution in [0.25, 0.3) is 6.08 Å². The SMILES string of the molecule is Cc1ccc(N2C(=O)/C(=C\c3ccc(N(C)C)cc3)N=C2c2cccc(C)c2)cc1. The van der Waals surface area contributed by atoms with E-state index in [1.165, 1.54) is 0 Å². The van der Waals surface area contributed by atoms with Gasteiger partial charge >= 0.3 is 0 Å². The van der Waals surface area contributed by atoms with Crippen LogP contribution >= 0.6 is 0 Å². The van der Waals surface area contributed by atoms with E-state index in [1.54, 1.807) is 4.90 Å². The molecule has 0 saturated heterocycles. The fraction of sp³-hybridized carbons (Fsp3) is 0.154. The highest BCUT2D eigenvalue weighted by Crippen LogP contribution is 2.28. The molecule has 4 heteroatoms. The number of nitrogens with zero attached hydrogens (tertiary/aromatic N) is 3. The van der Waals surface area contributed by atoms with Crippen LogP contribution in [0.4, 0.5) is 11.4 Å². The molecule has 0 N–H and O–H groups in total. The van der Waals surface area contributed by atoms with E-state index in [2.05, 4.69) is 6.07 Å². The number of hydrogen-bond donors (Lipinski definition) is 0. The van der Waals surface area contributed by atoms with Crippen LogP contribution in [0.1, 0.15) is 22.3 Å². The number of carbonyl (C=O) groups is 1. The van der Waals surface area contributed by atoms with Gasteiger partial charge in [0.1, 0.15) is 11.5 Å². The predicted molar refractivity (Wildman–Crippen MR) is 125 cm³/mol. The minimum absolute atomic E-state index is 0.118. The number of hydrogen-bond acceptors (Lipinski definition) is 3. The van der Waals surface area contributed by atoms with E-state index in [0.717, 1.165) is 33.6 Å². The number of rotatable bonds is 4. The molecule has 0 bridgehead atoms. The first-order valence-corrected chi connectivity index (χ1v) is 9.98. The zero-order valence-electron chi connectivity index (χ0n) is 17.8. The van der Waals surface area contributed by atoms with Gasteiger partial charge < -0.3 is 4.90 Å². The van der Waals surface area contributed by atoms with Crippen molar-refractivity contribution in [3.8, 4) is 0 Å². The summed E-state index contributed by atoms with van der Waals surface area (Å²) in [5, 5.41) is 0. The monoisotopic (exact) mass is 395 g/mol. The molecular formula is C26H25N3O. The Kier molecular flexibility index (Phi) is 5.23. The summed E-state index contributed by atoms with van der Waals surface area (Å²) in [5.41, 5.74) is 6.51. The molecule has 0 atom stereocenters. The van der Waals surface area contributed by atoms with Crippen molar-refractivity contribution in [1.29, 1.82) is 0 Å². The van der Waals surface area contributed by atoms with Crippen molar-refractivity contribution in [3.05, 3.63) is 101 Å². The molecular weight excluding hydrogens is 370 g/mol. The number of amides is 1. The second-order valence-corrected chi connectivity index (χ2v) is 7.80. The molecule has 150 valence electrons. The maximum atomic E-state index is 13.4. The Balaban J connectivity index is 1.78. The largest absolute Gasteiger partial charge is 0.378 e. The third kappa shape index (κ3) is 3.90. The molecule has 4 rings (SSSR count). The van der Waals surface area contributed by atoms with E-state index < -0.39 is 0 Å². The van der Waals surface area contributed by atoms with Crippen LogP contribution < -0.4 is 9.80 Å². The van der Waals surface area contributed by atoms with E-state index in [4.69, 9.17) is 4.99 Å². The first kappa shape index (κ1) is 19.6. The van der Waals surface area contributed by atoms with E-state index in [0.29, 0.717) is 11.5 Å². The summed E-state index contributed by atoms with van der Waals surface area (Å²) in [6.07, 6.45) is 1.85. The molecule has 1 aliphatic rings. The lowest BCUT2D eigenvalue weighted by Gasteiger charge is -2.19. The molecule has 0 saturated carbocycles. The lowest BCUT2D eigenvalue weighted by Crippen LogP contribution is -2.32. The third-order valence-electron chi connectivity index (χ3n) is 5.14. The van der Waals surface area contributed by atoms with Crippen molar-refractivity contribution >= 4 is 29.2 Å². The zero-order chi connectivity index (χ0) is 21.3. The van der Waals surface area contributed by atoms with E-state index in [-0.39, 0.29) is 5.91 Å². The number of benzene rings is 3. The van der Waals surface area contributed by atoms with Crippen LogP contribution in [-0.4, -0.2) is 25.8 Å². The van der Waals surface area contributed by atoms with Crippen LogP contribution in [0.2, 0.25) is 0 Å². The van der Waals surface area contributed by atoms with Crippen molar-refractivity contribution in [2.24, 2.45) is 4.99 Å². The van der Waals surface area contributed by atoms with Crippen LogP contribution in [0.5, 0.6) is 0 Å². The molecule has 0 unspecified atom stereocenters. The summed E-state index contributed by atoms with van der Waals surface area (Å²) in [6.45, 7) is 4.08. The highest BCUT2D eigenvalue weighted by Gasteiger charge is 2.32. The van der Waals surface area contributed by atoms with Gasteiger partial charge in [0.2, 0.25) is 0 Å². The first-order valence-electron chi connectivity index (χ1n) is 9.98. The number of aryl methyl sites for hydroxylation is 2. The lowest BCUT2D eigenvalue weighted by atomic mass is 10.1. The predicted octanol–water partition coefficient (Wildman–Crippen LogP) is 5.20. The number of amidine groups is 1. The van der Waals surface area contributed by atoms with Crippen LogP contribution in [0.3, 0.4) is 0 Å². The van der Waals surface area contributed by atoms with Crippen LogP contribution in [0.15, 0.2) is 83.5 Å². The van der Waals surface area contributed by atoms with Crippen molar-refractivity contribution in [2.75, 3.05) is 23.9 Å². The number of carbonyl (C=O) groups excluding carboxylic acids is 1. The molecule has 0 radical (unpaired) electrons. The van der Waals surface area contributed by atoms with E-state index >= 15 is 0 Å². The standard InChI is InChI=1S/C26H25N3O/c1-18-8-12-23(13-9-18)29-25(21-7-5-6-19(2)16-21)27-24(26(29)30)17-20-10-14-22(15-11-20)28(3)4/h5-17H,1-4H3/b24-17+. The minimum atomic E-state index is -0.118. The minimum Gasteiger partial charge on any atom is -0.378 e. The highest BCUT2D eigenvalue weighted by molar-refractivity contribution is 6.33. The lowest BCUT2D eigenvalue weighted by molar-refractivity contribution is -0.113. The molecule has 3 aromatic rings. The Morgan fingerprint density at radius 3 is 2.20 bits per heavy atom. The van der Waals surface area contributed by atoms with Crippen molar-refractivity contribution < 1.29 is 4.79 Å². The molecule has 0 aliphatic carbocycles. The van der Waals surface area contributed by atoms with Gasteiger partial charge in [-0.15, -0.1) is 0 Å². The highest BCUT2D eigenvalue weighted by atomic mass is 16.2. The molecule has 1 amide bonds. The molecule has 0 spiro atoms. The number of anilines is 2. The van der Waals surface area contributed by atoms with E-state index in [9.17, 15) is 4.79 Å². The molecule has 1 aliphatic heterocycles. The quantitative estimate of drug-likeness (QED) is 0.569. The summed E-state index contributed by atoms with van der Waals surface area (Å²) in [5.74, 6) is 0.538. The smallest absolute Gasteiger partial charge is 0.282 e. The molecule has 30 heavy (non-hydrogen) atoms. The summed E-state index contributed by atoms with van der Waals surface area (Å²) in [7, 11) is 4.01. The summed E-state index contributed by atoms with van der Waals surface area (Å²) < 4.78 is 0. The second-order valence-electron chi connectivity index (χ2n) is 7.80. The molecule has 0 aromatic heterocycles. The Labute approximate surface area is 177 Å². The zero-order valence-corrected chi connectivity index (χ0v) is 17.8. The van der Waals surface area contributed by atoms with Gasteiger partial charge in [0.05, 0.1) is 5.69 Å². The second kappa shape index (κ2) is 7.99. The molecule has 1 heterocycles. The van der Waals surface area contributed by atoms with Gasteiger partial charge in [-0.1, -0.05) is 53.6 Å². The van der Waals surface area contributed by atoms with Crippen molar-refractivity contribution in [2.45, 2.75) is 13.8 Å². The Morgan fingerprint density at radius 2 is 1.57 bits per heavy atom. The Hall–Kier alpha value is -3.66. The summed E-state index contributed by atoms with van der Waals surface area (Å²) >= 11 is 0. The fourth-order valence-electron chi connectivity index (χ4n) is 3.45. The number of aliphatic imine (C=N–C) groups is 1. The first-order chi connectivity index (χ1) is 14.4. The molecule has 0 fully saturated rings. The van der Waals surface area contributed by atoms with Gasteiger partial charge in [-0.3, -0.25) is 9.69 Å². The van der Waals surface area contributed by atoms with Crippen molar-refractivity contribution in [1.82, 2.24) is 0 Å². The summed E-state index contributed by atoms with van der Waals surface area (Å²) in [4.78, 5) is 21.9. The van der Waals surface area contributed by atoms with E-state index in [1.807, 2.05) is 106 Å². The fourth-order valence-corrected chi connectivity index (χ4v) is 3.45. The van der Waals surface area contributed by atoms with Gasteiger partial charge in [-0.05, 0) is 55.8 Å². The normalized spacial score (nSPS) is 14.9. The maximum absolute atomic E-state index is 13.4. The van der Waals surface area contributed by atoms with Crippen molar-refractivity contribution in [3.63, 3.8) is 0 Å². The van der Waals surface area contributed by atoms with Gasteiger partial charge in [0.25, 0.3) is 5.91 Å². The van der Waals surface area contributed by atoms with Gasteiger partial charge in [-0.2, -0.15) is 0 Å². The average Bonchev–Trinajstić information content (AvgIpc) is 3.05. The van der Waals surface area contributed by atoms with Crippen LogP contribution in [0, 0.1) is 13.8 Å². The Bertz CT molecular complexity index is 1140. The summed E-state index contributed by atoms with van der Waals surface area (Å²) in [6, 6.07) is 24.1.